The lowest BCUT2D eigenvalue weighted by Gasteiger charge is -2.08. The highest BCUT2D eigenvalue weighted by atomic mass is 16.5. The Labute approximate surface area is 128 Å². The molecule has 0 amide bonds. The van der Waals surface area contributed by atoms with E-state index in [-0.39, 0.29) is 0 Å². The molecule has 0 radical (unpaired) electrons. The number of pyridine rings is 1. The molecule has 1 aromatic carbocycles. The summed E-state index contributed by atoms with van der Waals surface area (Å²) in [6.07, 6.45) is 7.14. The van der Waals surface area contributed by atoms with Gasteiger partial charge in [-0.05, 0) is 36.0 Å². The summed E-state index contributed by atoms with van der Waals surface area (Å²) in [7, 11) is 1.67. The summed E-state index contributed by atoms with van der Waals surface area (Å²) in [6, 6.07) is 9.94. The van der Waals surface area contributed by atoms with Crippen LogP contribution in [-0.2, 0) is 0 Å². The lowest BCUT2D eigenvalue weighted by Crippen LogP contribution is -2.01. The van der Waals surface area contributed by atoms with E-state index in [1.54, 1.807) is 13.3 Å². The number of methoxy groups -OCH3 is 1. The van der Waals surface area contributed by atoms with Gasteiger partial charge in [0.15, 0.2) is 0 Å². The number of nitrogens with two attached hydrogens (primary N) is 1. The maximum absolute atomic E-state index is 5.38. The quantitative estimate of drug-likeness (QED) is 0.676. The van der Waals surface area contributed by atoms with Gasteiger partial charge in [-0.3, -0.25) is 0 Å². The Bertz CT molecular complexity index is 807. The fourth-order valence-electron chi connectivity index (χ4n) is 2.45. The molecule has 0 saturated heterocycles. The molecule has 4 N–H and O–H groups in total. The molecule has 3 aromatic rings. The first-order chi connectivity index (χ1) is 10.8. The molecular formula is C17H18N4O. The van der Waals surface area contributed by atoms with Crippen LogP contribution in [0.15, 0.2) is 55.0 Å². The molecule has 0 saturated carbocycles. The molecule has 0 aliphatic rings. The molecule has 0 aliphatic heterocycles. The molecule has 0 atom stereocenters. The molecule has 112 valence electrons. The van der Waals surface area contributed by atoms with E-state index in [4.69, 9.17) is 10.5 Å². The molecule has 0 unspecified atom stereocenters. The molecule has 2 aromatic heterocycles. The summed E-state index contributed by atoms with van der Waals surface area (Å²) in [4.78, 5) is 7.73. The first-order valence-electron chi connectivity index (χ1n) is 7.04. The van der Waals surface area contributed by atoms with Crippen LogP contribution in [0.2, 0.25) is 0 Å². The Morgan fingerprint density at radius 3 is 3.09 bits per heavy atom. The van der Waals surface area contributed by atoms with E-state index in [9.17, 15) is 0 Å². The molecule has 0 fully saturated rings. The topological polar surface area (TPSA) is 76.0 Å². The number of aromatic nitrogens is 2. The van der Waals surface area contributed by atoms with Gasteiger partial charge in [0.2, 0.25) is 0 Å². The van der Waals surface area contributed by atoms with Crippen LogP contribution in [0.25, 0.3) is 22.0 Å². The van der Waals surface area contributed by atoms with Gasteiger partial charge in [-0.2, -0.15) is 0 Å². The van der Waals surface area contributed by atoms with Crippen LogP contribution in [0.5, 0.6) is 5.75 Å². The van der Waals surface area contributed by atoms with Crippen molar-refractivity contribution in [2.75, 3.05) is 19.0 Å². The summed E-state index contributed by atoms with van der Waals surface area (Å²) >= 11 is 0. The fraction of sp³-hybridized carbons (Fsp3) is 0.118. The maximum atomic E-state index is 5.38. The van der Waals surface area contributed by atoms with Gasteiger partial charge in [0.05, 0.1) is 12.6 Å². The minimum atomic E-state index is 0.630. The minimum absolute atomic E-state index is 0.630. The normalized spacial score (nSPS) is 11.1. The third-order valence-electron chi connectivity index (χ3n) is 3.50. The van der Waals surface area contributed by atoms with Crippen molar-refractivity contribution in [2.45, 2.75) is 0 Å². The molecule has 0 aliphatic carbocycles. The summed E-state index contributed by atoms with van der Waals surface area (Å²) in [5.74, 6) is 1.66. The van der Waals surface area contributed by atoms with E-state index in [2.05, 4.69) is 21.4 Å². The van der Waals surface area contributed by atoms with Crippen molar-refractivity contribution in [1.29, 1.82) is 0 Å². The second kappa shape index (κ2) is 6.22. The second-order valence-corrected chi connectivity index (χ2v) is 4.83. The van der Waals surface area contributed by atoms with E-state index < -0.39 is 0 Å². The van der Waals surface area contributed by atoms with Crippen molar-refractivity contribution < 1.29 is 4.74 Å². The van der Waals surface area contributed by atoms with Gasteiger partial charge in [-0.1, -0.05) is 12.1 Å². The zero-order valence-corrected chi connectivity index (χ0v) is 12.3. The van der Waals surface area contributed by atoms with Crippen LogP contribution in [0.4, 0.5) is 5.82 Å². The fourth-order valence-corrected chi connectivity index (χ4v) is 2.45. The number of fused-ring (bicyclic) bond motifs is 1. The zero-order chi connectivity index (χ0) is 15.4. The molecule has 0 spiro atoms. The molecule has 5 nitrogen and oxygen atoms in total. The number of benzene rings is 1. The molecule has 5 heteroatoms. The van der Waals surface area contributed by atoms with Gasteiger partial charge in [0.1, 0.15) is 11.6 Å². The maximum Gasteiger partial charge on any atom is 0.136 e. The van der Waals surface area contributed by atoms with Crippen molar-refractivity contribution in [2.24, 2.45) is 5.73 Å². The van der Waals surface area contributed by atoms with Crippen molar-refractivity contribution in [3.05, 3.63) is 55.0 Å². The highest BCUT2D eigenvalue weighted by Crippen LogP contribution is 2.34. The lowest BCUT2D eigenvalue weighted by molar-refractivity contribution is 0.415. The number of hydrogen-bond acceptors (Lipinski definition) is 4. The van der Waals surface area contributed by atoms with E-state index >= 15 is 0 Å². The molecule has 2 heterocycles. The first kappa shape index (κ1) is 14.0. The van der Waals surface area contributed by atoms with Gasteiger partial charge < -0.3 is 20.8 Å². The van der Waals surface area contributed by atoms with Crippen LogP contribution >= 0.6 is 0 Å². The Hall–Kier alpha value is -2.95. The van der Waals surface area contributed by atoms with Crippen molar-refractivity contribution in [3.63, 3.8) is 0 Å². The second-order valence-electron chi connectivity index (χ2n) is 4.83. The Kier molecular flexibility index (Phi) is 3.96. The highest BCUT2D eigenvalue weighted by Gasteiger charge is 2.11. The summed E-state index contributed by atoms with van der Waals surface area (Å²) in [5.41, 5.74) is 8.58. The molecule has 3 rings (SSSR count). The molecular weight excluding hydrogens is 276 g/mol. The largest absolute Gasteiger partial charge is 0.497 e. The van der Waals surface area contributed by atoms with Crippen LogP contribution < -0.4 is 15.8 Å². The van der Waals surface area contributed by atoms with E-state index in [0.29, 0.717) is 6.54 Å². The Morgan fingerprint density at radius 2 is 2.27 bits per heavy atom. The van der Waals surface area contributed by atoms with Gasteiger partial charge >= 0.3 is 0 Å². The van der Waals surface area contributed by atoms with Gasteiger partial charge in [0, 0.05) is 29.9 Å². The number of ether oxygens (including phenoxy) is 1. The molecule has 0 bridgehead atoms. The third kappa shape index (κ3) is 2.61. The van der Waals surface area contributed by atoms with Crippen LogP contribution in [0, 0.1) is 0 Å². The van der Waals surface area contributed by atoms with E-state index in [0.717, 1.165) is 33.6 Å². The Morgan fingerprint density at radius 1 is 1.36 bits per heavy atom. The molecule has 22 heavy (non-hydrogen) atoms. The SMILES string of the molecule is COc1cccc(-c2c[nH]c3ccnc(NC/C=C/N)c23)c1. The number of hydrogen-bond donors (Lipinski definition) is 3. The smallest absolute Gasteiger partial charge is 0.136 e. The number of anilines is 1. The average molecular weight is 294 g/mol. The summed E-state index contributed by atoms with van der Waals surface area (Å²) < 4.78 is 5.31. The highest BCUT2D eigenvalue weighted by molar-refractivity contribution is 6.02. The summed E-state index contributed by atoms with van der Waals surface area (Å²) in [5, 5.41) is 4.34. The predicted molar refractivity (Wildman–Crippen MR) is 89.9 cm³/mol. The summed E-state index contributed by atoms with van der Waals surface area (Å²) in [6.45, 7) is 0.630. The zero-order valence-electron chi connectivity index (χ0n) is 12.3. The average Bonchev–Trinajstić information content (AvgIpc) is 3.00. The van der Waals surface area contributed by atoms with E-state index in [1.165, 1.54) is 6.20 Å². The van der Waals surface area contributed by atoms with Gasteiger partial charge in [0.25, 0.3) is 0 Å². The predicted octanol–water partition coefficient (Wildman–Crippen LogP) is 3.12. The third-order valence-corrected chi connectivity index (χ3v) is 3.50. The van der Waals surface area contributed by atoms with Gasteiger partial charge in [-0.15, -0.1) is 0 Å². The monoisotopic (exact) mass is 294 g/mol. The van der Waals surface area contributed by atoms with Crippen LogP contribution in [0.1, 0.15) is 0 Å². The number of aromatic amines is 1. The van der Waals surface area contributed by atoms with Crippen LogP contribution in [-0.4, -0.2) is 23.6 Å². The minimum Gasteiger partial charge on any atom is -0.497 e. The van der Waals surface area contributed by atoms with Crippen LogP contribution in [0.3, 0.4) is 0 Å². The number of nitrogens with zero attached hydrogens (tertiary/aromatic N) is 1. The number of rotatable bonds is 5. The van der Waals surface area contributed by atoms with Crippen molar-refractivity contribution in [3.8, 4) is 16.9 Å². The van der Waals surface area contributed by atoms with Gasteiger partial charge in [-0.25, -0.2) is 4.98 Å². The lowest BCUT2D eigenvalue weighted by atomic mass is 10.0. The number of H-pyrrole nitrogens is 1. The first-order valence-corrected chi connectivity index (χ1v) is 7.04. The number of nitrogens with one attached hydrogen (secondary N) is 2. The standard InChI is InChI=1S/C17H18N4O/c1-22-13-5-2-4-12(10-13)14-11-21-15-6-9-20-17(16(14)15)19-8-3-7-18/h2-7,9-11,21H,8,18H2,1H3,(H,19,20)/b7-3+. The van der Waals surface area contributed by atoms with Crippen molar-refractivity contribution >= 4 is 16.7 Å². The van der Waals surface area contributed by atoms with E-state index in [1.807, 2.05) is 36.5 Å². The van der Waals surface area contributed by atoms with Crippen molar-refractivity contribution in [1.82, 2.24) is 9.97 Å². The Balaban J connectivity index is 2.09.